The Morgan fingerprint density at radius 2 is 2.12 bits per heavy atom. The highest BCUT2D eigenvalue weighted by molar-refractivity contribution is 5.96. The van der Waals surface area contributed by atoms with E-state index in [0.717, 1.165) is 43.7 Å². The lowest BCUT2D eigenvalue weighted by Crippen LogP contribution is -2.33. The van der Waals surface area contributed by atoms with E-state index in [-0.39, 0.29) is 17.8 Å². The zero-order valence-corrected chi connectivity index (χ0v) is 15.6. The van der Waals surface area contributed by atoms with E-state index in [9.17, 15) is 9.18 Å². The summed E-state index contributed by atoms with van der Waals surface area (Å²) in [7, 11) is 0. The van der Waals surface area contributed by atoms with E-state index in [1.54, 1.807) is 16.8 Å². The number of hydrogen-bond acceptors (Lipinski definition) is 3. The molecule has 1 saturated heterocycles. The van der Waals surface area contributed by atoms with Gasteiger partial charge in [-0.3, -0.25) is 4.79 Å². The van der Waals surface area contributed by atoms with Crippen LogP contribution in [0.5, 0.6) is 0 Å². The van der Waals surface area contributed by atoms with Crippen LogP contribution in [-0.4, -0.2) is 34.4 Å². The van der Waals surface area contributed by atoms with E-state index in [0.29, 0.717) is 17.4 Å². The molecular formula is C20H26FN3O2. The normalized spacial score (nSPS) is 18.1. The second-order valence-electron chi connectivity index (χ2n) is 7.02. The molecule has 0 aliphatic carbocycles. The van der Waals surface area contributed by atoms with Crippen molar-refractivity contribution in [2.75, 3.05) is 6.61 Å². The maximum absolute atomic E-state index is 13.1. The molecule has 2 aromatic rings. The molecule has 0 radical (unpaired) electrons. The average Bonchev–Trinajstić information content (AvgIpc) is 3.21. The lowest BCUT2D eigenvalue weighted by molar-refractivity contribution is 0.0898. The summed E-state index contributed by atoms with van der Waals surface area (Å²) in [5, 5.41) is 7.53. The minimum atomic E-state index is -0.298. The molecule has 2 atom stereocenters. The van der Waals surface area contributed by atoms with Crippen molar-refractivity contribution in [1.82, 2.24) is 15.1 Å². The van der Waals surface area contributed by atoms with Gasteiger partial charge in [0.25, 0.3) is 5.91 Å². The van der Waals surface area contributed by atoms with Gasteiger partial charge in [0.2, 0.25) is 0 Å². The fourth-order valence-electron chi connectivity index (χ4n) is 3.48. The van der Waals surface area contributed by atoms with Crippen molar-refractivity contribution >= 4 is 5.91 Å². The number of nitrogens with one attached hydrogen (secondary N) is 1. The number of hydrogen-bond donors (Lipinski definition) is 1. The number of benzene rings is 1. The van der Waals surface area contributed by atoms with E-state index >= 15 is 0 Å². The van der Waals surface area contributed by atoms with Crippen LogP contribution in [0.25, 0.3) is 5.69 Å². The van der Waals surface area contributed by atoms with Crippen LogP contribution in [0.3, 0.4) is 0 Å². The molecule has 1 N–H and O–H groups in total. The van der Waals surface area contributed by atoms with Gasteiger partial charge in [-0.2, -0.15) is 5.10 Å². The minimum absolute atomic E-state index is 0.0691. The summed E-state index contributed by atoms with van der Waals surface area (Å²) >= 11 is 0. The maximum atomic E-state index is 13.1. The molecule has 1 aromatic carbocycles. The maximum Gasteiger partial charge on any atom is 0.255 e. The van der Waals surface area contributed by atoms with Gasteiger partial charge >= 0.3 is 0 Å². The molecule has 1 aromatic heterocycles. The smallest absolute Gasteiger partial charge is 0.255 e. The lowest BCUT2D eigenvalue weighted by Gasteiger charge is -2.16. The number of carbonyl (C=O) groups excluding carboxylic acids is 1. The van der Waals surface area contributed by atoms with Gasteiger partial charge in [-0.25, -0.2) is 9.07 Å². The second kappa shape index (κ2) is 7.99. The first-order chi connectivity index (χ1) is 12.5. The zero-order chi connectivity index (χ0) is 18.7. The van der Waals surface area contributed by atoms with Crippen molar-refractivity contribution < 1.29 is 13.9 Å². The van der Waals surface area contributed by atoms with E-state index < -0.39 is 0 Å². The third-order valence-electron chi connectivity index (χ3n) is 4.91. The molecule has 2 heterocycles. The number of aromatic nitrogens is 2. The molecule has 3 rings (SSSR count). The molecule has 1 aliphatic heterocycles. The molecule has 6 heteroatoms. The highest BCUT2D eigenvalue weighted by Crippen LogP contribution is 2.20. The Bertz CT molecular complexity index is 764. The van der Waals surface area contributed by atoms with Crippen LogP contribution < -0.4 is 5.32 Å². The van der Waals surface area contributed by atoms with Crippen LogP contribution >= 0.6 is 0 Å². The predicted molar refractivity (Wildman–Crippen MR) is 98.1 cm³/mol. The second-order valence-corrected chi connectivity index (χ2v) is 7.02. The van der Waals surface area contributed by atoms with E-state index in [2.05, 4.69) is 10.4 Å². The molecule has 140 valence electrons. The molecule has 26 heavy (non-hydrogen) atoms. The zero-order valence-electron chi connectivity index (χ0n) is 15.6. The molecule has 1 amide bonds. The van der Waals surface area contributed by atoms with E-state index in [1.165, 1.54) is 12.1 Å². The van der Waals surface area contributed by atoms with Gasteiger partial charge in [0.15, 0.2) is 0 Å². The summed E-state index contributed by atoms with van der Waals surface area (Å²) in [6.45, 7) is 6.54. The lowest BCUT2D eigenvalue weighted by atomic mass is 10.1. The van der Waals surface area contributed by atoms with Crippen molar-refractivity contribution in [3.8, 4) is 5.69 Å². The number of nitrogens with zero attached hydrogens (tertiary/aromatic N) is 2. The van der Waals surface area contributed by atoms with Gasteiger partial charge in [-0.05, 0) is 70.7 Å². The first-order valence-electron chi connectivity index (χ1n) is 9.20. The number of halogens is 1. The molecule has 1 aliphatic rings. The fraction of sp³-hybridized carbons (Fsp3) is 0.500. The summed E-state index contributed by atoms with van der Waals surface area (Å²) in [6.07, 6.45) is 4.43. The highest BCUT2D eigenvalue weighted by Gasteiger charge is 2.22. The fourth-order valence-corrected chi connectivity index (χ4v) is 3.48. The van der Waals surface area contributed by atoms with Gasteiger partial charge in [-0.15, -0.1) is 0 Å². The molecule has 1 fully saturated rings. The number of ether oxygens (including phenoxy) is 1. The van der Waals surface area contributed by atoms with Gasteiger partial charge < -0.3 is 10.1 Å². The van der Waals surface area contributed by atoms with Crippen LogP contribution in [0, 0.1) is 19.7 Å². The third-order valence-corrected chi connectivity index (χ3v) is 4.91. The van der Waals surface area contributed by atoms with Crippen molar-refractivity contribution in [2.45, 2.75) is 58.6 Å². The number of aryl methyl sites for hydroxylation is 1. The minimum Gasteiger partial charge on any atom is -0.378 e. The van der Waals surface area contributed by atoms with Gasteiger partial charge in [0.1, 0.15) is 5.82 Å². The van der Waals surface area contributed by atoms with Crippen LogP contribution in [0.2, 0.25) is 0 Å². The van der Waals surface area contributed by atoms with E-state index in [1.807, 2.05) is 20.8 Å². The standard InChI is InChI=1S/C20H26FN3O2/c1-13(6-11-18-5-4-12-26-18)22-20(25)19-14(2)23-24(15(19)3)17-9-7-16(21)8-10-17/h7-10,13,18H,4-6,11-12H2,1-3H3,(H,22,25)/t13-,18+/m1/s1. The Balaban J connectivity index is 1.68. The van der Waals surface area contributed by atoms with Crippen molar-refractivity contribution in [3.05, 3.63) is 47.0 Å². The van der Waals surface area contributed by atoms with Gasteiger partial charge in [0.05, 0.1) is 28.7 Å². The Hall–Kier alpha value is -2.21. The molecule has 0 bridgehead atoms. The predicted octanol–water partition coefficient (Wildman–Crippen LogP) is 3.71. The molecular weight excluding hydrogens is 333 g/mol. The average molecular weight is 359 g/mol. The monoisotopic (exact) mass is 359 g/mol. The van der Waals surface area contributed by atoms with Crippen LogP contribution in [0.4, 0.5) is 4.39 Å². The molecule has 5 nitrogen and oxygen atoms in total. The SMILES string of the molecule is Cc1nn(-c2ccc(F)cc2)c(C)c1C(=O)N[C@H](C)CC[C@@H]1CCCO1. The molecule has 0 saturated carbocycles. The molecule has 0 unspecified atom stereocenters. The summed E-state index contributed by atoms with van der Waals surface area (Å²) in [6, 6.07) is 6.15. The van der Waals surface area contributed by atoms with Crippen molar-refractivity contribution in [3.63, 3.8) is 0 Å². The summed E-state index contributed by atoms with van der Waals surface area (Å²) in [5.41, 5.74) is 2.73. The Kier molecular flexibility index (Phi) is 5.71. The van der Waals surface area contributed by atoms with Crippen LogP contribution in [-0.2, 0) is 4.74 Å². The Morgan fingerprint density at radius 1 is 1.38 bits per heavy atom. The largest absolute Gasteiger partial charge is 0.378 e. The first-order valence-corrected chi connectivity index (χ1v) is 9.20. The third kappa shape index (κ3) is 4.12. The number of amides is 1. The number of carbonyl (C=O) groups is 1. The van der Waals surface area contributed by atoms with Gasteiger partial charge in [0, 0.05) is 12.6 Å². The summed E-state index contributed by atoms with van der Waals surface area (Å²) in [4.78, 5) is 12.7. The van der Waals surface area contributed by atoms with E-state index in [4.69, 9.17) is 4.74 Å². The number of rotatable bonds is 6. The Morgan fingerprint density at radius 3 is 2.77 bits per heavy atom. The van der Waals surface area contributed by atoms with Crippen LogP contribution in [0.1, 0.15) is 54.4 Å². The summed E-state index contributed by atoms with van der Waals surface area (Å²) in [5.74, 6) is -0.415. The van der Waals surface area contributed by atoms with Crippen molar-refractivity contribution in [2.24, 2.45) is 0 Å². The highest BCUT2D eigenvalue weighted by atomic mass is 19.1. The van der Waals surface area contributed by atoms with Crippen molar-refractivity contribution in [1.29, 1.82) is 0 Å². The quantitative estimate of drug-likeness (QED) is 0.855. The first kappa shape index (κ1) is 18.6. The topological polar surface area (TPSA) is 56.2 Å². The van der Waals surface area contributed by atoms with Crippen LogP contribution in [0.15, 0.2) is 24.3 Å². The summed E-state index contributed by atoms with van der Waals surface area (Å²) < 4.78 is 20.5. The van der Waals surface area contributed by atoms with Gasteiger partial charge in [-0.1, -0.05) is 0 Å². The Labute approximate surface area is 153 Å². The molecule has 0 spiro atoms.